The number of benzene rings is 2. The number of ether oxygens (including phenoxy) is 1. The first kappa shape index (κ1) is 20.2. The summed E-state index contributed by atoms with van der Waals surface area (Å²) in [4.78, 5) is 11.1. The number of aromatic hydroxyl groups is 2. The van der Waals surface area contributed by atoms with Crippen LogP contribution in [-0.2, 0) is 14.8 Å². The van der Waals surface area contributed by atoms with Gasteiger partial charge < -0.3 is 14.9 Å². The van der Waals surface area contributed by atoms with Gasteiger partial charge in [-0.3, -0.25) is 4.72 Å². The van der Waals surface area contributed by atoms with Crippen LogP contribution in [0.3, 0.4) is 0 Å². The average molecular weight is 434 g/mol. The summed E-state index contributed by atoms with van der Waals surface area (Å²) in [5.74, 6) is -5.36. The first-order chi connectivity index (χ1) is 13.1. The van der Waals surface area contributed by atoms with Gasteiger partial charge in [0.2, 0.25) is 0 Å². The second kappa shape index (κ2) is 7.10. The number of methoxy groups -OCH3 is 1. The third-order valence-electron chi connectivity index (χ3n) is 4.21. The number of phenolic OH excluding ortho intramolecular Hbond substituents is 2. The van der Waals surface area contributed by atoms with Gasteiger partial charge in [0.15, 0.2) is 5.75 Å². The molecule has 11 heteroatoms. The highest BCUT2D eigenvalue weighted by Crippen LogP contribution is 2.46. The average Bonchev–Trinajstić information content (AvgIpc) is 3.45. The molecular formula is C17H14ClF2NO6S. The van der Waals surface area contributed by atoms with Gasteiger partial charge in [-0.15, -0.1) is 0 Å². The molecule has 0 unspecified atom stereocenters. The molecule has 0 amide bonds. The van der Waals surface area contributed by atoms with Crippen molar-refractivity contribution in [2.45, 2.75) is 23.7 Å². The molecule has 1 fully saturated rings. The molecule has 0 heterocycles. The summed E-state index contributed by atoms with van der Waals surface area (Å²) in [7, 11) is -3.60. The van der Waals surface area contributed by atoms with Crippen LogP contribution >= 0.6 is 11.6 Å². The lowest BCUT2D eigenvalue weighted by Crippen LogP contribution is -2.16. The Morgan fingerprint density at radius 3 is 2.46 bits per heavy atom. The maximum atomic E-state index is 14.6. The summed E-state index contributed by atoms with van der Waals surface area (Å²) >= 11 is 5.57. The highest BCUT2D eigenvalue weighted by Gasteiger charge is 2.34. The van der Waals surface area contributed by atoms with Crippen molar-refractivity contribution in [3.63, 3.8) is 0 Å². The molecule has 0 spiro atoms. The summed E-state index contributed by atoms with van der Waals surface area (Å²) in [6, 6.07) is 2.25. The molecule has 7 nitrogen and oxygen atoms in total. The lowest BCUT2D eigenvalue weighted by Gasteiger charge is -2.16. The molecule has 0 bridgehead atoms. The Kier molecular flexibility index (Phi) is 5.11. The predicted octanol–water partition coefficient (Wildman–Crippen LogP) is 3.49. The van der Waals surface area contributed by atoms with Gasteiger partial charge in [0.1, 0.15) is 27.8 Å². The summed E-state index contributed by atoms with van der Waals surface area (Å²) in [6.45, 7) is 0. The Hall–Kier alpha value is -2.59. The first-order valence-electron chi connectivity index (χ1n) is 7.91. The molecule has 0 aliphatic heterocycles. The number of anilines is 1. The SMILES string of the molecule is COC(=O)c1c(O)c(NS(=O)(=O)c2cc(Cl)c(F)cc2O)cc(C2CC2)c1F. The molecule has 1 aliphatic carbocycles. The molecule has 0 radical (unpaired) electrons. The van der Waals surface area contributed by atoms with Crippen LogP contribution in [0.5, 0.6) is 11.5 Å². The van der Waals surface area contributed by atoms with E-state index in [1.165, 1.54) is 0 Å². The van der Waals surface area contributed by atoms with Crippen molar-refractivity contribution in [3.8, 4) is 11.5 Å². The van der Waals surface area contributed by atoms with Gasteiger partial charge in [-0.05, 0) is 36.5 Å². The highest BCUT2D eigenvalue weighted by molar-refractivity contribution is 7.92. The second-order valence-corrected chi connectivity index (χ2v) is 8.21. The van der Waals surface area contributed by atoms with E-state index in [4.69, 9.17) is 11.6 Å². The number of halogens is 3. The fourth-order valence-electron chi connectivity index (χ4n) is 2.66. The Balaban J connectivity index is 2.13. The smallest absolute Gasteiger partial charge is 0.344 e. The number of hydrogen-bond acceptors (Lipinski definition) is 6. The zero-order valence-corrected chi connectivity index (χ0v) is 15.9. The van der Waals surface area contributed by atoms with E-state index in [0.717, 1.165) is 13.2 Å². The van der Waals surface area contributed by atoms with E-state index in [9.17, 15) is 32.2 Å². The number of phenols is 2. The first-order valence-corrected chi connectivity index (χ1v) is 9.77. The van der Waals surface area contributed by atoms with Crippen LogP contribution in [0.15, 0.2) is 23.1 Å². The molecule has 0 saturated heterocycles. The van der Waals surface area contributed by atoms with Gasteiger partial charge in [-0.1, -0.05) is 11.6 Å². The normalized spacial score (nSPS) is 14.0. The lowest BCUT2D eigenvalue weighted by atomic mass is 10.0. The van der Waals surface area contributed by atoms with Crippen LogP contribution in [0.1, 0.15) is 34.7 Å². The molecule has 3 rings (SSSR count). The molecule has 150 valence electrons. The molecule has 0 aromatic heterocycles. The second-order valence-electron chi connectivity index (χ2n) is 6.16. The third-order valence-corrected chi connectivity index (χ3v) is 5.89. The Morgan fingerprint density at radius 1 is 1.25 bits per heavy atom. The molecule has 1 aliphatic rings. The van der Waals surface area contributed by atoms with E-state index < -0.39 is 60.3 Å². The topological polar surface area (TPSA) is 113 Å². The molecule has 2 aromatic rings. The molecular weight excluding hydrogens is 420 g/mol. The van der Waals surface area contributed by atoms with E-state index in [1.807, 2.05) is 4.72 Å². The molecule has 28 heavy (non-hydrogen) atoms. The Morgan fingerprint density at radius 2 is 1.89 bits per heavy atom. The molecule has 0 atom stereocenters. The van der Waals surface area contributed by atoms with E-state index in [0.29, 0.717) is 25.0 Å². The van der Waals surface area contributed by atoms with Gasteiger partial charge in [0.25, 0.3) is 10.0 Å². The van der Waals surface area contributed by atoms with E-state index in [-0.39, 0.29) is 11.5 Å². The largest absolute Gasteiger partial charge is 0.506 e. The summed E-state index contributed by atoms with van der Waals surface area (Å²) in [5, 5.41) is 19.5. The Labute approximate surface area is 163 Å². The van der Waals surface area contributed by atoms with Crippen molar-refractivity contribution in [1.82, 2.24) is 0 Å². The zero-order chi connectivity index (χ0) is 20.8. The van der Waals surface area contributed by atoms with Crippen LogP contribution in [0, 0.1) is 11.6 Å². The van der Waals surface area contributed by atoms with Gasteiger partial charge in [0, 0.05) is 6.07 Å². The van der Waals surface area contributed by atoms with Crippen LogP contribution in [0.25, 0.3) is 0 Å². The number of carbonyl (C=O) groups is 1. The van der Waals surface area contributed by atoms with Crippen molar-refractivity contribution < 1.29 is 36.9 Å². The number of rotatable bonds is 5. The zero-order valence-electron chi connectivity index (χ0n) is 14.3. The number of hydrogen-bond donors (Lipinski definition) is 3. The van der Waals surface area contributed by atoms with Crippen molar-refractivity contribution in [3.05, 3.63) is 46.0 Å². The monoisotopic (exact) mass is 433 g/mol. The van der Waals surface area contributed by atoms with Crippen LogP contribution in [0.2, 0.25) is 5.02 Å². The number of nitrogens with one attached hydrogen (secondary N) is 1. The minimum absolute atomic E-state index is 0.0391. The minimum Gasteiger partial charge on any atom is -0.506 e. The Bertz CT molecular complexity index is 1090. The van der Waals surface area contributed by atoms with Gasteiger partial charge in [-0.2, -0.15) is 0 Å². The molecule has 3 N–H and O–H groups in total. The maximum absolute atomic E-state index is 14.6. The van der Waals surface area contributed by atoms with Gasteiger partial charge in [0.05, 0.1) is 17.8 Å². The summed E-state index contributed by atoms with van der Waals surface area (Å²) in [6.07, 6.45) is 1.26. The van der Waals surface area contributed by atoms with Crippen molar-refractivity contribution >= 4 is 33.3 Å². The molecule has 2 aromatic carbocycles. The third kappa shape index (κ3) is 3.57. The van der Waals surface area contributed by atoms with Crippen molar-refractivity contribution in [2.24, 2.45) is 0 Å². The number of sulfonamides is 1. The maximum Gasteiger partial charge on any atom is 0.344 e. The quantitative estimate of drug-likeness (QED) is 0.491. The van der Waals surface area contributed by atoms with E-state index >= 15 is 0 Å². The van der Waals surface area contributed by atoms with Crippen LogP contribution in [-0.4, -0.2) is 31.7 Å². The van der Waals surface area contributed by atoms with Crippen molar-refractivity contribution in [1.29, 1.82) is 0 Å². The van der Waals surface area contributed by atoms with Crippen molar-refractivity contribution in [2.75, 3.05) is 11.8 Å². The fourth-order valence-corrected chi connectivity index (χ4v) is 4.05. The standard InChI is InChI=1S/C17H14ClF2NO6S/c1-27-17(24)14-15(20)8(7-2-3-7)4-11(16(14)23)21-28(25,26)13-5-9(18)10(19)6-12(13)22/h4-7,21-23H,2-3H2,1H3. The predicted molar refractivity (Wildman–Crippen MR) is 95.3 cm³/mol. The fraction of sp³-hybridized carbons (Fsp3) is 0.235. The summed E-state index contributed by atoms with van der Waals surface area (Å²) in [5.41, 5.74) is -1.27. The number of esters is 1. The number of carbonyl (C=O) groups excluding carboxylic acids is 1. The van der Waals surface area contributed by atoms with Crippen LogP contribution < -0.4 is 4.72 Å². The van der Waals surface area contributed by atoms with Gasteiger partial charge in [-0.25, -0.2) is 22.0 Å². The van der Waals surface area contributed by atoms with Gasteiger partial charge >= 0.3 is 5.97 Å². The van der Waals surface area contributed by atoms with E-state index in [2.05, 4.69) is 4.74 Å². The summed E-state index contributed by atoms with van der Waals surface area (Å²) < 4.78 is 59.6. The van der Waals surface area contributed by atoms with E-state index in [1.54, 1.807) is 0 Å². The van der Waals surface area contributed by atoms with Crippen LogP contribution in [0.4, 0.5) is 14.5 Å². The molecule has 1 saturated carbocycles. The minimum atomic E-state index is -4.58. The highest BCUT2D eigenvalue weighted by atomic mass is 35.5. The lowest BCUT2D eigenvalue weighted by molar-refractivity contribution is 0.0591.